The van der Waals surface area contributed by atoms with E-state index in [2.05, 4.69) is 31.0 Å². The summed E-state index contributed by atoms with van der Waals surface area (Å²) in [6.45, 7) is 10.9. The van der Waals surface area contributed by atoms with Crippen LogP contribution in [0, 0.1) is 5.92 Å². The van der Waals surface area contributed by atoms with Gasteiger partial charge in [-0.3, -0.25) is 4.90 Å². The van der Waals surface area contributed by atoms with Crippen molar-refractivity contribution in [2.45, 2.75) is 64.5 Å². The Morgan fingerprint density at radius 1 is 1.19 bits per heavy atom. The van der Waals surface area contributed by atoms with Crippen LogP contribution in [0.2, 0.25) is 0 Å². The van der Waals surface area contributed by atoms with Crippen molar-refractivity contribution in [3.8, 4) is 0 Å². The van der Waals surface area contributed by atoms with Crippen molar-refractivity contribution in [1.29, 1.82) is 0 Å². The van der Waals surface area contributed by atoms with Crippen molar-refractivity contribution in [3.05, 3.63) is 0 Å². The average Bonchev–Trinajstić information content (AvgIpc) is 3.10. The van der Waals surface area contributed by atoms with Crippen LogP contribution in [0.3, 0.4) is 0 Å². The van der Waals surface area contributed by atoms with Gasteiger partial charge in [0, 0.05) is 24.7 Å². The molecule has 0 bridgehead atoms. The molecule has 0 aromatic rings. The summed E-state index contributed by atoms with van der Waals surface area (Å²) in [7, 11) is 0. The second-order valence-corrected chi connectivity index (χ2v) is 5.92. The summed E-state index contributed by atoms with van der Waals surface area (Å²) in [5, 5.41) is 3.81. The Kier molecular flexibility index (Phi) is 3.91. The number of hydrogen-bond donors (Lipinski definition) is 1. The van der Waals surface area contributed by atoms with Crippen molar-refractivity contribution in [1.82, 2.24) is 10.2 Å². The van der Waals surface area contributed by atoms with E-state index in [1.54, 1.807) is 0 Å². The Morgan fingerprint density at radius 2 is 1.88 bits per heavy atom. The van der Waals surface area contributed by atoms with Crippen LogP contribution < -0.4 is 5.32 Å². The lowest BCUT2D eigenvalue weighted by Crippen LogP contribution is -2.51. The van der Waals surface area contributed by atoms with Gasteiger partial charge in [0.05, 0.1) is 0 Å². The molecule has 0 radical (unpaired) electrons. The SMILES string of the molecule is CCC1(CC)CN(CC2CC2)C(C)CCN1. The Morgan fingerprint density at radius 3 is 2.44 bits per heavy atom. The lowest BCUT2D eigenvalue weighted by molar-refractivity contribution is 0.153. The van der Waals surface area contributed by atoms with Gasteiger partial charge in [0.15, 0.2) is 0 Å². The third-order valence-electron chi connectivity index (χ3n) is 4.73. The third kappa shape index (κ3) is 2.78. The van der Waals surface area contributed by atoms with Crippen LogP contribution in [0.4, 0.5) is 0 Å². The molecule has 2 heteroatoms. The molecule has 2 rings (SSSR count). The van der Waals surface area contributed by atoms with E-state index >= 15 is 0 Å². The van der Waals surface area contributed by atoms with Crippen LogP contribution in [0.5, 0.6) is 0 Å². The maximum atomic E-state index is 3.81. The highest BCUT2D eigenvalue weighted by molar-refractivity contribution is 4.94. The summed E-state index contributed by atoms with van der Waals surface area (Å²) in [6.07, 6.45) is 6.78. The molecule has 1 saturated carbocycles. The van der Waals surface area contributed by atoms with Crippen molar-refractivity contribution in [3.63, 3.8) is 0 Å². The number of nitrogens with one attached hydrogen (secondary N) is 1. The molecule has 2 fully saturated rings. The highest BCUT2D eigenvalue weighted by Crippen LogP contribution is 2.32. The minimum absolute atomic E-state index is 0.389. The fourth-order valence-corrected chi connectivity index (χ4v) is 2.93. The highest BCUT2D eigenvalue weighted by Gasteiger charge is 2.35. The van der Waals surface area contributed by atoms with Gasteiger partial charge in [-0.1, -0.05) is 13.8 Å². The molecular weight excluding hydrogens is 196 g/mol. The largest absolute Gasteiger partial charge is 0.310 e. The third-order valence-corrected chi connectivity index (χ3v) is 4.73. The van der Waals surface area contributed by atoms with E-state index in [9.17, 15) is 0 Å². The van der Waals surface area contributed by atoms with Gasteiger partial charge in [0.1, 0.15) is 0 Å². The standard InChI is InChI=1S/C14H28N2/c1-4-14(5-2)11-16(10-13-6-7-13)12(3)8-9-15-14/h12-13,15H,4-11H2,1-3H3. The molecule has 1 heterocycles. The molecule has 94 valence electrons. The predicted octanol–water partition coefficient (Wildman–Crippen LogP) is 2.64. The highest BCUT2D eigenvalue weighted by atomic mass is 15.2. The van der Waals surface area contributed by atoms with Crippen LogP contribution in [0.25, 0.3) is 0 Å². The van der Waals surface area contributed by atoms with Crippen molar-refractivity contribution < 1.29 is 0 Å². The molecule has 16 heavy (non-hydrogen) atoms. The van der Waals surface area contributed by atoms with E-state index in [0.29, 0.717) is 5.54 Å². The van der Waals surface area contributed by atoms with E-state index in [-0.39, 0.29) is 0 Å². The van der Waals surface area contributed by atoms with Gasteiger partial charge in [0.25, 0.3) is 0 Å². The molecule has 2 nitrogen and oxygen atoms in total. The molecule has 1 atom stereocenters. The van der Waals surface area contributed by atoms with Crippen molar-refractivity contribution in [2.24, 2.45) is 5.92 Å². The molecule has 0 spiro atoms. The van der Waals surface area contributed by atoms with Gasteiger partial charge >= 0.3 is 0 Å². The Labute approximate surface area is 101 Å². The minimum Gasteiger partial charge on any atom is -0.310 e. The summed E-state index contributed by atoms with van der Waals surface area (Å²) >= 11 is 0. The minimum atomic E-state index is 0.389. The molecule has 1 N–H and O–H groups in total. The molecule has 1 aliphatic heterocycles. The van der Waals surface area contributed by atoms with Crippen LogP contribution in [0.15, 0.2) is 0 Å². The van der Waals surface area contributed by atoms with Gasteiger partial charge in [-0.15, -0.1) is 0 Å². The zero-order valence-corrected chi connectivity index (χ0v) is 11.3. The van der Waals surface area contributed by atoms with Crippen LogP contribution in [0.1, 0.15) is 52.9 Å². The molecule has 0 amide bonds. The second kappa shape index (κ2) is 5.05. The first-order valence-electron chi connectivity index (χ1n) is 7.18. The van der Waals surface area contributed by atoms with E-state index in [1.165, 1.54) is 51.7 Å². The summed E-state index contributed by atoms with van der Waals surface area (Å²) in [6, 6.07) is 0.771. The summed E-state index contributed by atoms with van der Waals surface area (Å²) in [5.41, 5.74) is 0.389. The number of hydrogen-bond acceptors (Lipinski definition) is 2. The van der Waals surface area contributed by atoms with Crippen molar-refractivity contribution in [2.75, 3.05) is 19.6 Å². The summed E-state index contributed by atoms with van der Waals surface area (Å²) in [4.78, 5) is 2.75. The van der Waals surface area contributed by atoms with Gasteiger partial charge < -0.3 is 5.32 Å². The fraction of sp³-hybridized carbons (Fsp3) is 1.00. The van der Waals surface area contributed by atoms with Crippen LogP contribution in [-0.2, 0) is 0 Å². The zero-order valence-electron chi connectivity index (χ0n) is 11.3. The summed E-state index contributed by atoms with van der Waals surface area (Å²) in [5.74, 6) is 1.02. The number of rotatable bonds is 4. The Balaban J connectivity index is 2.01. The molecular formula is C14H28N2. The monoisotopic (exact) mass is 224 g/mol. The molecule has 1 unspecified atom stereocenters. The normalized spacial score (nSPS) is 31.3. The first kappa shape index (κ1) is 12.4. The smallest absolute Gasteiger partial charge is 0.0303 e. The Bertz CT molecular complexity index is 219. The van der Waals surface area contributed by atoms with Crippen LogP contribution in [-0.4, -0.2) is 36.1 Å². The number of nitrogens with zero attached hydrogens (tertiary/aromatic N) is 1. The second-order valence-electron chi connectivity index (χ2n) is 5.92. The quantitative estimate of drug-likeness (QED) is 0.790. The molecule has 1 aliphatic carbocycles. The lowest BCUT2D eigenvalue weighted by atomic mass is 9.92. The van der Waals surface area contributed by atoms with E-state index in [1.807, 2.05) is 0 Å². The van der Waals surface area contributed by atoms with Gasteiger partial charge in [-0.05, 0) is 51.5 Å². The van der Waals surface area contributed by atoms with Gasteiger partial charge in [-0.25, -0.2) is 0 Å². The molecule has 1 saturated heterocycles. The average molecular weight is 224 g/mol. The van der Waals surface area contributed by atoms with Crippen LogP contribution >= 0.6 is 0 Å². The Hall–Kier alpha value is -0.0800. The molecule has 0 aromatic heterocycles. The predicted molar refractivity (Wildman–Crippen MR) is 69.7 cm³/mol. The summed E-state index contributed by atoms with van der Waals surface area (Å²) < 4.78 is 0. The zero-order chi connectivity index (χ0) is 11.6. The topological polar surface area (TPSA) is 15.3 Å². The maximum absolute atomic E-state index is 3.81. The molecule has 2 aliphatic rings. The molecule has 0 aromatic carbocycles. The first-order chi connectivity index (χ1) is 7.69. The van der Waals surface area contributed by atoms with E-state index in [0.717, 1.165) is 12.0 Å². The van der Waals surface area contributed by atoms with Gasteiger partial charge in [0.2, 0.25) is 0 Å². The fourth-order valence-electron chi connectivity index (χ4n) is 2.93. The van der Waals surface area contributed by atoms with E-state index < -0.39 is 0 Å². The van der Waals surface area contributed by atoms with Crippen molar-refractivity contribution >= 4 is 0 Å². The first-order valence-corrected chi connectivity index (χ1v) is 7.18. The lowest BCUT2D eigenvalue weighted by Gasteiger charge is -2.37. The maximum Gasteiger partial charge on any atom is 0.0303 e. The van der Waals surface area contributed by atoms with E-state index in [4.69, 9.17) is 0 Å². The van der Waals surface area contributed by atoms with Gasteiger partial charge in [-0.2, -0.15) is 0 Å².